The Labute approximate surface area is 327 Å². The molecule has 0 aliphatic heterocycles. The first-order chi connectivity index (χ1) is 25.0. The van der Waals surface area contributed by atoms with Crippen molar-refractivity contribution in [2.45, 2.75) is 52.4 Å². The maximum Gasteiger partial charge on any atom is 0.136 e. The first-order valence-electron chi connectivity index (χ1n) is 17.7. The molecule has 7 aromatic rings. The summed E-state index contributed by atoms with van der Waals surface area (Å²) in [6.07, 6.45) is 1.80. The summed E-state index contributed by atoms with van der Waals surface area (Å²) in [4.78, 5) is 17.1. The summed E-state index contributed by atoms with van der Waals surface area (Å²) in [5.41, 5.74) is 9.40. The Hall–Kier alpha value is -5.38. The van der Waals surface area contributed by atoms with E-state index in [-0.39, 0.29) is 37.6 Å². The molecule has 0 amide bonds. The molecule has 0 bridgehead atoms. The zero-order valence-corrected chi connectivity index (χ0v) is 33.2. The van der Waals surface area contributed by atoms with Crippen molar-refractivity contribution < 1.29 is 26.2 Å². The number of anilines is 3. The van der Waals surface area contributed by atoms with Crippen LogP contribution in [0.2, 0.25) is 0 Å². The predicted molar refractivity (Wildman–Crippen MR) is 214 cm³/mol. The van der Waals surface area contributed by atoms with Gasteiger partial charge in [0.25, 0.3) is 0 Å². The van der Waals surface area contributed by atoms with E-state index < -0.39 is 0 Å². The van der Waals surface area contributed by atoms with Crippen LogP contribution in [-0.4, -0.2) is 20.1 Å². The SMILES string of the molecule is CC(C)(C)c1cc(-c2cc(-c3ccccc3)nc(-c3[c-]c(N(c4ccc(-c5ccccc5)cc4)c4ccccn4)ccc3)n2)c(O)c(C(C)(C)C)c1.[Pt]. The second kappa shape index (κ2) is 15.3. The van der Waals surface area contributed by atoms with Gasteiger partial charge in [0.2, 0.25) is 0 Å². The molecule has 6 heteroatoms. The molecule has 0 saturated heterocycles. The van der Waals surface area contributed by atoms with Gasteiger partial charge in [-0.25, -0.2) is 4.98 Å². The van der Waals surface area contributed by atoms with Crippen molar-refractivity contribution in [1.82, 2.24) is 15.0 Å². The molecule has 53 heavy (non-hydrogen) atoms. The number of nitrogens with zero attached hydrogens (tertiary/aromatic N) is 4. The smallest absolute Gasteiger partial charge is 0.136 e. The monoisotopic (exact) mass is 874 g/mol. The van der Waals surface area contributed by atoms with Crippen LogP contribution in [0.25, 0.3) is 45.0 Å². The number of hydrogen-bond donors (Lipinski definition) is 1. The van der Waals surface area contributed by atoms with Crippen molar-refractivity contribution >= 4 is 17.2 Å². The van der Waals surface area contributed by atoms with Gasteiger partial charge in [-0.2, -0.15) is 0 Å². The maximum absolute atomic E-state index is 11.9. The van der Waals surface area contributed by atoms with E-state index in [1.54, 1.807) is 6.20 Å². The van der Waals surface area contributed by atoms with Gasteiger partial charge in [0.05, 0.1) is 17.2 Å². The van der Waals surface area contributed by atoms with Crippen molar-refractivity contribution in [2.75, 3.05) is 4.90 Å². The van der Waals surface area contributed by atoms with E-state index in [9.17, 15) is 5.11 Å². The molecule has 0 aliphatic rings. The van der Waals surface area contributed by atoms with Crippen LogP contribution < -0.4 is 4.90 Å². The first kappa shape index (κ1) is 37.4. The Morgan fingerprint density at radius 1 is 0.585 bits per heavy atom. The number of phenols is 1. The molecule has 0 atom stereocenters. The fourth-order valence-corrected chi connectivity index (χ4v) is 6.33. The number of aromatic hydroxyl groups is 1. The van der Waals surface area contributed by atoms with Crippen LogP contribution in [0.5, 0.6) is 5.75 Å². The third kappa shape index (κ3) is 8.16. The van der Waals surface area contributed by atoms with E-state index in [2.05, 4.69) is 113 Å². The van der Waals surface area contributed by atoms with E-state index in [1.807, 2.05) is 78.9 Å². The van der Waals surface area contributed by atoms with Gasteiger partial charge in [0.15, 0.2) is 0 Å². The summed E-state index contributed by atoms with van der Waals surface area (Å²) < 4.78 is 0. The third-order valence-electron chi connectivity index (χ3n) is 9.23. The Bertz CT molecular complexity index is 2310. The zero-order chi connectivity index (χ0) is 36.5. The average molecular weight is 875 g/mol. The van der Waals surface area contributed by atoms with Crippen LogP contribution in [0.15, 0.2) is 146 Å². The fraction of sp³-hybridized carbons (Fsp3) is 0.170. The van der Waals surface area contributed by atoms with Crippen LogP contribution in [0.4, 0.5) is 17.2 Å². The number of benzene rings is 5. The van der Waals surface area contributed by atoms with Crippen molar-refractivity contribution in [3.05, 3.63) is 163 Å². The van der Waals surface area contributed by atoms with Gasteiger partial charge < -0.3 is 10.0 Å². The minimum atomic E-state index is -0.283. The second-order valence-electron chi connectivity index (χ2n) is 15.1. The van der Waals surface area contributed by atoms with E-state index in [1.165, 1.54) is 0 Å². The van der Waals surface area contributed by atoms with Crippen molar-refractivity contribution in [1.29, 1.82) is 0 Å². The number of rotatable bonds is 7. The topological polar surface area (TPSA) is 62.1 Å². The molecule has 2 aromatic heterocycles. The van der Waals surface area contributed by atoms with Crippen LogP contribution in [0, 0.1) is 6.07 Å². The molecule has 0 radical (unpaired) electrons. The summed E-state index contributed by atoms with van der Waals surface area (Å²) in [6.45, 7) is 13.0. The van der Waals surface area contributed by atoms with Crippen LogP contribution in [0.1, 0.15) is 52.7 Å². The minimum absolute atomic E-state index is 0. The molecule has 0 spiro atoms. The Balaban J connectivity index is 0.00000481. The first-order valence-corrected chi connectivity index (χ1v) is 17.7. The van der Waals surface area contributed by atoms with Gasteiger partial charge in [-0.1, -0.05) is 126 Å². The van der Waals surface area contributed by atoms with Gasteiger partial charge in [-0.3, -0.25) is 9.97 Å². The molecule has 1 N–H and O–H groups in total. The van der Waals surface area contributed by atoms with Gasteiger partial charge in [-0.15, -0.1) is 29.8 Å². The molecule has 0 aliphatic carbocycles. The molecule has 5 nitrogen and oxygen atoms in total. The second-order valence-corrected chi connectivity index (χ2v) is 15.1. The maximum atomic E-state index is 11.9. The van der Waals surface area contributed by atoms with Gasteiger partial charge in [-0.05, 0) is 75.2 Å². The molecular weight excluding hydrogens is 832 g/mol. The fourth-order valence-electron chi connectivity index (χ4n) is 6.33. The van der Waals surface area contributed by atoms with Crippen molar-refractivity contribution in [3.8, 4) is 50.8 Å². The van der Waals surface area contributed by atoms with E-state index in [0.29, 0.717) is 17.1 Å². The standard InChI is InChI=1S/C47H43N4O.Pt/c1-46(2,3)36-29-39(44(52)40(30-36)47(4,5)6)42-31-41(34-18-11-8-12-19-34)49-45(50-42)35-20-15-21-38(28-35)51(43-22-13-14-27-48-43)37-25-23-33(24-26-37)32-16-9-7-10-17-32;/h7-27,29-31,52H,1-6H3;/q-1;. The summed E-state index contributed by atoms with van der Waals surface area (Å²) in [5.74, 6) is 1.51. The van der Waals surface area contributed by atoms with E-state index >= 15 is 0 Å². The van der Waals surface area contributed by atoms with Crippen LogP contribution >= 0.6 is 0 Å². The molecule has 0 saturated carbocycles. The number of phenolic OH excluding ortho intramolecular Hbond substituents is 1. The molecule has 2 heterocycles. The number of aromatic nitrogens is 3. The number of hydrogen-bond acceptors (Lipinski definition) is 5. The molecule has 5 aromatic carbocycles. The molecular formula is C47H43N4OPt-. The predicted octanol–water partition coefficient (Wildman–Crippen LogP) is 12.1. The molecule has 7 rings (SSSR count). The average Bonchev–Trinajstić information content (AvgIpc) is 3.15. The van der Waals surface area contributed by atoms with Gasteiger partial charge in [0.1, 0.15) is 11.6 Å². The van der Waals surface area contributed by atoms with E-state index in [4.69, 9.17) is 15.0 Å². The van der Waals surface area contributed by atoms with E-state index in [0.717, 1.165) is 56.3 Å². The Kier molecular flexibility index (Phi) is 10.8. The number of pyridine rings is 1. The summed E-state index contributed by atoms with van der Waals surface area (Å²) >= 11 is 0. The van der Waals surface area contributed by atoms with Crippen molar-refractivity contribution in [3.63, 3.8) is 0 Å². The van der Waals surface area contributed by atoms with Crippen molar-refractivity contribution in [2.24, 2.45) is 0 Å². The quantitative estimate of drug-likeness (QED) is 0.162. The van der Waals surface area contributed by atoms with Crippen LogP contribution in [0.3, 0.4) is 0 Å². The van der Waals surface area contributed by atoms with Crippen LogP contribution in [-0.2, 0) is 31.9 Å². The van der Waals surface area contributed by atoms with Gasteiger partial charge >= 0.3 is 0 Å². The normalized spacial score (nSPS) is 11.5. The largest absolute Gasteiger partial charge is 0.507 e. The summed E-state index contributed by atoms with van der Waals surface area (Å²) in [7, 11) is 0. The Morgan fingerprint density at radius 2 is 1.21 bits per heavy atom. The zero-order valence-electron chi connectivity index (χ0n) is 30.9. The van der Waals surface area contributed by atoms with Gasteiger partial charge in [0, 0.05) is 44.1 Å². The summed E-state index contributed by atoms with van der Waals surface area (Å²) in [6, 6.07) is 50.7. The molecule has 0 fully saturated rings. The molecule has 268 valence electrons. The third-order valence-corrected chi connectivity index (χ3v) is 9.23. The summed E-state index contributed by atoms with van der Waals surface area (Å²) in [5, 5.41) is 11.9. The molecule has 0 unspecified atom stereocenters. The Morgan fingerprint density at radius 3 is 1.83 bits per heavy atom. The minimum Gasteiger partial charge on any atom is -0.507 e.